The first-order chi connectivity index (χ1) is 11.3. The van der Waals surface area contributed by atoms with Gasteiger partial charge in [0.1, 0.15) is 5.76 Å². The molecule has 2 atom stereocenters. The highest BCUT2D eigenvalue weighted by Gasteiger charge is 2.45. The van der Waals surface area contributed by atoms with E-state index in [4.69, 9.17) is 16.1 Å². The first-order valence-corrected chi connectivity index (χ1v) is 10.1. The number of nitrogens with zero attached hydrogens (tertiary/aromatic N) is 3. The zero-order chi connectivity index (χ0) is 17.5. The van der Waals surface area contributed by atoms with Crippen molar-refractivity contribution in [2.24, 2.45) is 0 Å². The van der Waals surface area contributed by atoms with Gasteiger partial charge >= 0.3 is 0 Å². The Bertz CT molecular complexity index is 716. The van der Waals surface area contributed by atoms with E-state index in [-0.39, 0.29) is 34.8 Å². The molecule has 1 aliphatic carbocycles. The molecular formula is C15H22ClN3O4S. The molecule has 1 saturated carbocycles. The number of halogens is 1. The number of amides is 1. The van der Waals surface area contributed by atoms with Gasteiger partial charge in [0.05, 0.1) is 5.25 Å². The molecule has 0 bridgehead atoms. The van der Waals surface area contributed by atoms with Crippen LogP contribution in [-0.2, 0) is 21.2 Å². The monoisotopic (exact) mass is 375 g/mol. The first kappa shape index (κ1) is 17.7. The average Bonchev–Trinajstić information content (AvgIpc) is 3.31. The third-order valence-corrected chi connectivity index (χ3v) is 7.57. The molecule has 134 valence electrons. The van der Waals surface area contributed by atoms with Crippen molar-refractivity contribution in [3.63, 3.8) is 0 Å². The fraction of sp³-hybridized carbons (Fsp3) is 0.733. The van der Waals surface area contributed by atoms with E-state index in [2.05, 4.69) is 5.16 Å². The van der Waals surface area contributed by atoms with Gasteiger partial charge in [0.2, 0.25) is 15.9 Å². The van der Waals surface area contributed by atoms with E-state index in [0.29, 0.717) is 25.3 Å². The van der Waals surface area contributed by atoms with Crippen LogP contribution in [0.15, 0.2) is 10.6 Å². The van der Waals surface area contributed by atoms with Gasteiger partial charge < -0.3 is 9.42 Å². The maximum Gasteiger partial charge on any atom is 0.223 e. The molecule has 3 rings (SSSR count). The predicted molar refractivity (Wildman–Crippen MR) is 89.1 cm³/mol. The van der Waals surface area contributed by atoms with E-state index in [1.807, 2.05) is 13.8 Å². The number of carbonyl (C=O) groups excluding carboxylic acids is 1. The van der Waals surface area contributed by atoms with Gasteiger partial charge in [0, 0.05) is 44.1 Å². The van der Waals surface area contributed by atoms with Crippen LogP contribution in [0.1, 0.15) is 38.9 Å². The molecule has 7 nitrogen and oxygen atoms in total. The van der Waals surface area contributed by atoms with Crippen LogP contribution in [0.5, 0.6) is 0 Å². The molecular weight excluding hydrogens is 354 g/mol. The van der Waals surface area contributed by atoms with Crippen LogP contribution in [0.4, 0.5) is 0 Å². The Morgan fingerprint density at radius 1 is 1.33 bits per heavy atom. The standard InChI is InChI=1S/C15H22ClN3O4S/c1-10-11(2)19(24(21,22)13-4-5-13)8-7-18(10)15(20)6-3-12-9-14(16)17-23-12/h9-11,13H,3-8H2,1-2H3/t10-,11+/m0/s1. The number of rotatable bonds is 5. The third-order valence-electron chi connectivity index (χ3n) is 4.91. The van der Waals surface area contributed by atoms with Gasteiger partial charge in [-0.3, -0.25) is 4.79 Å². The normalized spacial score (nSPS) is 25.9. The number of piperazine rings is 1. The molecule has 0 N–H and O–H groups in total. The van der Waals surface area contributed by atoms with Gasteiger partial charge in [-0.1, -0.05) is 16.8 Å². The molecule has 24 heavy (non-hydrogen) atoms. The van der Waals surface area contributed by atoms with E-state index < -0.39 is 10.0 Å². The summed E-state index contributed by atoms with van der Waals surface area (Å²) >= 11 is 5.69. The van der Waals surface area contributed by atoms with Crippen LogP contribution in [0.2, 0.25) is 5.15 Å². The van der Waals surface area contributed by atoms with E-state index in [1.165, 1.54) is 0 Å². The van der Waals surface area contributed by atoms with Gasteiger partial charge in [-0.2, -0.15) is 4.31 Å². The molecule has 0 radical (unpaired) electrons. The number of aryl methyl sites for hydroxylation is 1. The fourth-order valence-corrected chi connectivity index (χ4v) is 5.41. The Morgan fingerprint density at radius 3 is 2.62 bits per heavy atom. The molecule has 9 heteroatoms. The molecule has 1 amide bonds. The lowest BCUT2D eigenvalue weighted by Crippen LogP contribution is -2.60. The van der Waals surface area contributed by atoms with Gasteiger partial charge in [0.25, 0.3) is 0 Å². The highest BCUT2D eigenvalue weighted by Crippen LogP contribution is 2.34. The quantitative estimate of drug-likeness (QED) is 0.781. The topological polar surface area (TPSA) is 83.7 Å². The number of sulfonamides is 1. The Hall–Kier alpha value is -1.12. The smallest absolute Gasteiger partial charge is 0.223 e. The molecule has 1 aromatic rings. The number of hydrogen-bond acceptors (Lipinski definition) is 5. The summed E-state index contributed by atoms with van der Waals surface area (Å²) in [5, 5.41) is 3.64. The van der Waals surface area contributed by atoms with Crippen molar-refractivity contribution >= 4 is 27.5 Å². The summed E-state index contributed by atoms with van der Waals surface area (Å²) in [5.41, 5.74) is 0. The molecule has 0 spiro atoms. The van der Waals surface area contributed by atoms with Gasteiger partial charge in [0.15, 0.2) is 5.15 Å². The highest BCUT2D eigenvalue weighted by atomic mass is 35.5. The maximum atomic E-state index is 12.5. The Balaban J connectivity index is 1.60. The molecule has 2 fully saturated rings. The first-order valence-electron chi connectivity index (χ1n) is 8.22. The van der Waals surface area contributed by atoms with Crippen LogP contribution in [-0.4, -0.2) is 59.1 Å². The summed E-state index contributed by atoms with van der Waals surface area (Å²) in [6.45, 7) is 4.57. The minimum absolute atomic E-state index is 0.00894. The van der Waals surface area contributed by atoms with Crippen LogP contribution in [0.3, 0.4) is 0 Å². The van der Waals surface area contributed by atoms with Crippen molar-refractivity contribution < 1.29 is 17.7 Å². The number of carbonyl (C=O) groups is 1. The summed E-state index contributed by atoms with van der Waals surface area (Å²) in [7, 11) is -3.22. The second-order valence-corrected chi connectivity index (χ2v) is 9.09. The summed E-state index contributed by atoms with van der Waals surface area (Å²) in [6.07, 6.45) is 2.23. The van der Waals surface area contributed by atoms with E-state index in [0.717, 1.165) is 12.8 Å². The van der Waals surface area contributed by atoms with Crippen molar-refractivity contribution in [2.75, 3.05) is 13.1 Å². The summed E-state index contributed by atoms with van der Waals surface area (Å²) in [4.78, 5) is 14.3. The molecule has 0 unspecified atom stereocenters. The number of hydrogen-bond donors (Lipinski definition) is 0. The van der Waals surface area contributed by atoms with E-state index in [1.54, 1.807) is 15.3 Å². The molecule has 0 aromatic carbocycles. The molecule has 1 saturated heterocycles. The fourth-order valence-electron chi connectivity index (χ4n) is 3.16. The minimum atomic E-state index is -3.22. The minimum Gasteiger partial charge on any atom is -0.360 e. The van der Waals surface area contributed by atoms with Gasteiger partial charge in [-0.25, -0.2) is 8.42 Å². The molecule has 2 heterocycles. The van der Waals surface area contributed by atoms with E-state index in [9.17, 15) is 13.2 Å². The van der Waals surface area contributed by atoms with Crippen LogP contribution in [0, 0.1) is 0 Å². The number of aromatic nitrogens is 1. The van der Waals surface area contributed by atoms with Gasteiger partial charge in [-0.05, 0) is 26.7 Å². The maximum absolute atomic E-state index is 12.5. The second-order valence-electron chi connectivity index (χ2n) is 6.54. The van der Waals surface area contributed by atoms with Crippen molar-refractivity contribution in [2.45, 2.75) is 56.9 Å². The highest BCUT2D eigenvalue weighted by molar-refractivity contribution is 7.90. The Morgan fingerprint density at radius 2 is 2.04 bits per heavy atom. The third kappa shape index (κ3) is 3.45. The van der Waals surface area contributed by atoms with Crippen LogP contribution < -0.4 is 0 Å². The lowest BCUT2D eigenvalue weighted by atomic mass is 10.1. The zero-order valence-corrected chi connectivity index (χ0v) is 15.4. The van der Waals surface area contributed by atoms with Crippen molar-refractivity contribution in [1.82, 2.24) is 14.4 Å². The average molecular weight is 376 g/mol. The van der Waals surface area contributed by atoms with Crippen molar-refractivity contribution in [1.29, 1.82) is 0 Å². The molecule has 1 aromatic heterocycles. The molecule has 1 aliphatic heterocycles. The Labute approximate surface area is 147 Å². The van der Waals surface area contributed by atoms with Crippen LogP contribution >= 0.6 is 11.6 Å². The van der Waals surface area contributed by atoms with Crippen molar-refractivity contribution in [3.05, 3.63) is 17.0 Å². The Kier molecular flexibility index (Phi) is 4.90. The summed E-state index contributed by atoms with van der Waals surface area (Å²) in [5.74, 6) is 0.564. The summed E-state index contributed by atoms with van der Waals surface area (Å²) < 4.78 is 31.6. The lowest BCUT2D eigenvalue weighted by molar-refractivity contribution is -0.136. The SMILES string of the molecule is C[C@@H]1[C@H](C)N(C(=O)CCc2cc(Cl)no2)CCN1S(=O)(=O)C1CC1. The molecule has 2 aliphatic rings. The van der Waals surface area contributed by atoms with Gasteiger partial charge in [-0.15, -0.1) is 0 Å². The second kappa shape index (κ2) is 6.65. The van der Waals surface area contributed by atoms with Crippen LogP contribution in [0.25, 0.3) is 0 Å². The zero-order valence-electron chi connectivity index (χ0n) is 13.8. The predicted octanol–water partition coefficient (Wildman–Crippen LogP) is 1.67. The summed E-state index contributed by atoms with van der Waals surface area (Å²) in [6, 6.07) is 1.23. The van der Waals surface area contributed by atoms with Crippen molar-refractivity contribution in [3.8, 4) is 0 Å². The lowest BCUT2D eigenvalue weighted by Gasteiger charge is -2.44. The van der Waals surface area contributed by atoms with E-state index >= 15 is 0 Å². The largest absolute Gasteiger partial charge is 0.360 e.